The van der Waals surface area contributed by atoms with Crippen LogP contribution in [-0.4, -0.2) is 87.4 Å². The number of hydrogen-bond acceptors (Lipinski definition) is 7. The van der Waals surface area contributed by atoms with Crippen LogP contribution in [0.25, 0.3) is 0 Å². The molecular weight excluding hydrogens is 935 g/mol. The normalized spacial score (nSPS) is 13.6. The molecule has 0 aliphatic carbocycles. The van der Waals surface area contributed by atoms with Gasteiger partial charge in [0.2, 0.25) is 0 Å². The lowest BCUT2D eigenvalue weighted by Crippen LogP contribution is -2.40. The molecule has 0 aromatic carbocycles. The third kappa shape index (κ3) is 57.5. The number of carbonyl (C=O) groups excluding carboxylic acids is 2. The van der Waals surface area contributed by atoms with Gasteiger partial charge in [0, 0.05) is 12.8 Å². The molecule has 2 atom stereocenters. The predicted octanol–water partition coefficient (Wildman–Crippen LogP) is 17.9. The number of carboxylic acid groups (broad SMARTS) is 1. The molecule has 2 unspecified atom stereocenters. The second kappa shape index (κ2) is 56.2. The summed E-state index contributed by atoms with van der Waals surface area (Å²) in [5, 5.41) is 9.71. The van der Waals surface area contributed by atoms with Crippen LogP contribution >= 0.6 is 0 Å². The molecule has 0 aromatic heterocycles. The van der Waals surface area contributed by atoms with Gasteiger partial charge in [-0.3, -0.25) is 9.59 Å². The van der Waals surface area contributed by atoms with Crippen LogP contribution in [0.5, 0.6) is 0 Å². The van der Waals surface area contributed by atoms with Gasteiger partial charge >= 0.3 is 17.9 Å². The molecule has 9 nitrogen and oxygen atoms in total. The Bertz CT molecular complexity index is 1590. The van der Waals surface area contributed by atoms with Gasteiger partial charge in [-0.2, -0.15) is 0 Å². The highest BCUT2D eigenvalue weighted by Gasteiger charge is 2.25. The topological polar surface area (TPSA) is 108 Å². The largest absolute Gasteiger partial charge is 0.477 e. The van der Waals surface area contributed by atoms with E-state index in [1.807, 2.05) is 21.1 Å². The minimum absolute atomic E-state index is 0.176. The Morgan fingerprint density at radius 3 is 1.13 bits per heavy atom. The molecule has 0 aliphatic heterocycles. The van der Waals surface area contributed by atoms with Crippen molar-refractivity contribution in [2.75, 3.05) is 47.5 Å². The van der Waals surface area contributed by atoms with Gasteiger partial charge in [0.1, 0.15) is 13.2 Å². The lowest BCUT2D eigenvalue weighted by atomic mass is 10.0. The number of allylic oxidation sites excluding steroid dienone is 18. The molecule has 0 heterocycles. The van der Waals surface area contributed by atoms with Crippen LogP contribution in [0.15, 0.2) is 109 Å². The fourth-order valence-electron chi connectivity index (χ4n) is 7.91. The Hall–Kier alpha value is -4.05. The monoisotopic (exact) mass is 1050 g/mol. The predicted molar refractivity (Wildman–Crippen MR) is 318 cm³/mol. The number of ether oxygens (including phenoxy) is 4. The Kier molecular flexibility index (Phi) is 53.1. The molecule has 0 amide bonds. The number of nitrogens with zero attached hydrogens (tertiary/aromatic N) is 1. The third-order valence-corrected chi connectivity index (χ3v) is 12.5. The molecule has 0 rings (SSSR count). The van der Waals surface area contributed by atoms with Gasteiger partial charge in [-0.05, 0) is 103 Å². The van der Waals surface area contributed by atoms with E-state index in [1.165, 1.54) is 103 Å². The number of hydrogen-bond donors (Lipinski definition) is 1. The van der Waals surface area contributed by atoms with Crippen molar-refractivity contribution < 1.29 is 42.9 Å². The van der Waals surface area contributed by atoms with Crippen LogP contribution in [0.2, 0.25) is 0 Å². The maximum Gasteiger partial charge on any atom is 0.361 e. The van der Waals surface area contributed by atoms with Crippen LogP contribution in [0.4, 0.5) is 0 Å². The van der Waals surface area contributed by atoms with Gasteiger partial charge in [-0.15, -0.1) is 0 Å². The van der Waals surface area contributed by atoms with Crippen molar-refractivity contribution in [1.29, 1.82) is 0 Å². The van der Waals surface area contributed by atoms with Crippen molar-refractivity contribution in [3.05, 3.63) is 109 Å². The van der Waals surface area contributed by atoms with E-state index in [4.69, 9.17) is 18.9 Å². The molecule has 0 spiro atoms. The van der Waals surface area contributed by atoms with Crippen LogP contribution in [0.1, 0.15) is 232 Å². The third-order valence-electron chi connectivity index (χ3n) is 12.5. The first-order valence-corrected chi connectivity index (χ1v) is 30.1. The van der Waals surface area contributed by atoms with Gasteiger partial charge < -0.3 is 28.5 Å². The number of aliphatic carboxylic acids is 1. The first kappa shape index (κ1) is 71.0. The summed E-state index contributed by atoms with van der Waals surface area (Å²) in [6, 6.07) is 0. The average Bonchev–Trinajstić information content (AvgIpc) is 3.38. The summed E-state index contributed by atoms with van der Waals surface area (Å²) in [4.78, 5) is 37.5. The quantitative estimate of drug-likeness (QED) is 0.0211. The van der Waals surface area contributed by atoms with E-state index >= 15 is 0 Å². The number of quaternary nitrogens is 1. The summed E-state index contributed by atoms with van der Waals surface area (Å²) in [7, 11) is 5.95. The van der Waals surface area contributed by atoms with Crippen LogP contribution in [0, 0.1) is 0 Å². The lowest BCUT2D eigenvalue weighted by molar-refractivity contribution is -0.870. The molecule has 0 bridgehead atoms. The van der Waals surface area contributed by atoms with Crippen molar-refractivity contribution in [2.24, 2.45) is 0 Å². The van der Waals surface area contributed by atoms with Crippen molar-refractivity contribution in [3.63, 3.8) is 0 Å². The number of carboxylic acids is 1. The summed E-state index contributed by atoms with van der Waals surface area (Å²) < 4.78 is 22.9. The fourth-order valence-corrected chi connectivity index (χ4v) is 7.91. The van der Waals surface area contributed by atoms with Crippen LogP contribution in [0.3, 0.4) is 0 Å². The standard InChI is InChI=1S/C66H111NO8/c1-6-8-10-12-14-16-18-20-22-24-26-28-30-31-32-33-35-36-38-40-42-44-46-48-50-52-54-56-63(68)73-60-62(61-74-66(65(70)71)72-59-58-67(3,4)5)75-64(69)57-55-53-51-49-47-45-43-41-39-37-34-29-27-25-23-21-19-17-15-13-11-9-7-2/h9,11,15,17-18,20-21,23-24,26-27,29-31,37,39,43,45,62,66H,6-8,10,12-14,16,19,22,25,28,32-36,38,40-42,44,46-61H2,1-5H3/p+1/b11-9-,17-15-,20-18-,23-21-,26-24-,29-27-,31-30-,39-37-,45-43-. The van der Waals surface area contributed by atoms with Gasteiger partial charge in [0.15, 0.2) is 6.10 Å². The smallest absolute Gasteiger partial charge is 0.361 e. The molecule has 0 aliphatic rings. The zero-order chi connectivity index (χ0) is 54.8. The zero-order valence-electron chi connectivity index (χ0n) is 48.7. The maximum absolute atomic E-state index is 12.9. The molecule has 428 valence electrons. The first-order chi connectivity index (χ1) is 36.6. The van der Waals surface area contributed by atoms with E-state index < -0.39 is 24.3 Å². The van der Waals surface area contributed by atoms with Gasteiger partial charge in [0.25, 0.3) is 6.29 Å². The van der Waals surface area contributed by atoms with E-state index in [1.54, 1.807) is 0 Å². The average molecular weight is 1050 g/mol. The highest BCUT2D eigenvalue weighted by Crippen LogP contribution is 2.15. The Balaban J connectivity index is 4.30. The number of carbonyl (C=O) groups is 3. The van der Waals surface area contributed by atoms with E-state index in [2.05, 4.69) is 123 Å². The summed E-state index contributed by atoms with van der Waals surface area (Å²) >= 11 is 0. The van der Waals surface area contributed by atoms with Crippen molar-refractivity contribution in [3.8, 4) is 0 Å². The molecule has 0 aromatic rings. The molecule has 0 saturated heterocycles. The van der Waals surface area contributed by atoms with Crippen LogP contribution in [-0.2, 0) is 33.3 Å². The number of unbranched alkanes of at least 4 members (excludes halogenated alkanes) is 21. The second-order valence-electron chi connectivity index (χ2n) is 20.9. The van der Waals surface area contributed by atoms with Gasteiger partial charge in [-0.1, -0.05) is 226 Å². The molecule has 75 heavy (non-hydrogen) atoms. The highest BCUT2D eigenvalue weighted by molar-refractivity contribution is 5.71. The molecule has 1 N–H and O–H groups in total. The Labute approximate surface area is 460 Å². The molecule has 0 radical (unpaired) electrons. The minimum Gasteiger partial charge on any atom is -0.477 e. The van der Waals surface area contributed by atoms with Crippen molar-refractivity contribution in [2.45, 2.75) is 245 Å². The maximum atomic E-state index is 12.9. The SMILES string of the molecule is CC/C=C\C/C=C\C/C=C\C/C=C\C/C=C\C/C=C\CCCCCCC(=O)OC(COC(=O)CCCCCCCCCCCCCC/C=C\C/C=C\C/C=C\CCCCCCC)COC(OCC[N+](C)(C)C)C(=O)O. The first-order valence-electron chi connectivity index (χ1n) is 30.1. The second-order valence-corrected chi connectivity index (χ2v) is 20.9. The van der Waals surface area contributed by atoms with Crippen molar-refractivity contribution in [1.82, 2.24) is 0 Å². The molecule has 0 saturated carbocycles. The Morgan fingerprint density at radius 2 is 0.760 bits per heavy atom. The summed E-state index contributed by atoms with van der Waals surface area (Å²) in [5.74, 6) is -2.05. The highest BCUT2D eigenvalue weighted by atomic mass is 16.7. The van der Waals surface area contributed by atoms with E-state index in [0.717, 1.165) is 96.3 Å². The van der Waals surface area contributed by atoms with Gasteiger partial charge in [0.05, 0.1) is 34.4 Å². The minimum atomic E-state index is -1.53. The van der Waals surface area contributed by atoms with Gasteiger partial charge in [-0.25, -0.2) is 4.79 Å². The molecule has 0 fully saturated rings. The van der Waals surface area contributed by atoms with E-state index in [-0.39, 0.29) is 38.6 Å². The summed E-state index contributed by atoms with van der Waals surface area (Å²) in [5.41, 5.74) is 0. The zero-order valence-corrected chi connectivity index (χ0v) is 48.7. The number of rotatable bonds is 54. The number of esters is 2. The Morgan fingerprint density at radius 1 is 0.413 bits per heavy atom. The fraction of sp³-hybridized carbons (Fsp3) is 0.682. The summed E-state index contributed by atoms with van der Waals surface area (Å²) in [6.45, 7) is 4.71. The van der Waals surface area contributed by atoms with Crippen LogP contribution < -0.4 is 0 Å². The van der Waals surface area contributed by atoms with Crippen molar-refractivity contribution >= 4 is 17.9 Å². The summed E-state index contributed by atoms with van der Waals surface area (Å²) in [6.07, 6.45) is 74.5. The molecule has 9 heteroatoms. The molecular formula is C66H112NO8+. The van der Waals surface area contributed by atoms with E-state index in [9.17, 15) is 19.5 Å². The van der Waals surface area contributed by atoms with E-state index in [0.29, 0.717) is 17.4 Å². The number of likely N-dealkylation sites (N-methyl/N-ethyl adjacent to an activating group) is 1. The lowest BCUT2D eigenvalue weighted by Gasteiger charge is -2.25.